The molecule has 0 spiro atoms. The number of para-hydroxylation sites is 1. The molecule has 0 fully saturated rings. The number of ether oxygens (including phenoxy) is 1. The third-order valence-corrected chi connectivity index (χ3v) is 7.17. The fourth-order valence-electron chi connectivity index (χ4n) is 3.92. The number of benzene rings is 4. The number of rotatable bonds is 11. The van der Waals surface area contributed by atoms with Gasteiger partial charge < -0.3 is 20.7 Å². The molecule has 218 valence electrons. The highest BCUT2D eigenvalue weighted by molar-refractivity contribution is 8.00. The Kier molecular flexibility index (Phi) is 10.3. The molecule has 3 N–H and O–H groups in total. The minimum absolute atomic E-state index is 0.145. The summed E-state index contributed by atoms with van der Waals surface area (Å²) in [5.41, 5.74) is 1.05. The van der Waals surface area contributed by atoms with E-state index in [1.165, 1.54) is 36.0 Å². The standard InChI is InChI=1S/C32H28N4O6S/c1-21(30(37)33-24-13-8-15-26(19-24)42-2)43-27-16-9-14-25(20-27)34-32(39)28(35-31(38)22-10-4-3-5-11-22)18-23-12-6-7-17-29(23)36(40)41/h3-21H,1-2H3,(H,33,37)(H,34,39)(H,35,38)/b28-18+. The molecule has 43 heavy (non-hydrogen) atoms. The number of nitrogens with one attached hydrogen (secondary N) is 3. The Morgan fingerprint density at radius 3 is 2.26 bits per heavy atom. The monoisotopic (exact) mass is 596 g/mol. The van der Waals surface area contributed by atoms with Gasteiger partial charge in [0.2, 0.25) is 5.91 Å². The summed E-state index contributed by atoms with van der Waals surface area (Å²) in [5, 5.41) is 19.3. The molecule has 0 radical (unpaired) electrons. The van der Waals surface area contributed by atoms with Crippen LogP contribution in [0.5, 0.6) is 5.75 Å². The highest BCUT2D eigenvalue weighted by Crippen LogP contribution is 2.28. The van der Waals surface area contributed by atoms with E-state index in [1.807, 2.05) is 0 Å². The third kappa shape index (κ3) is 8.54. The lowest BCUT2D eigenvalue weighted by Gasteiger charge is -2.14. The van der Waals surface area contributed by atoms with Gasteiger partial charge in [-0.3, -0.25) is 24.5 Å². The Morgan fingerprint density at radius 2 is 1.53 bits per heavy atom. The van der Waals surface area contributed by atoms with Gasteiger partial charge in [-0.25, -0.2) is 0 Å². The molecular weight excluding hydrogens is 568 g/mol. The maximum Gasteiger partial charge on any atom is 0.276 e. The van der Waals surface area contributed by atoms with Gasteiger partial charge in [0.25, 0.3) is 17.5 Å². The zero-order valence-electron chi connectivity index (χ0n) is 23.3. The minimum Gasteiger partial charge on any atom is -0.497 e. The first-order chi connectivity index (χ1) is 20.7. The van der Waals surface area contributed by atoms with Crippen LogP contribution >= 0.6 is 11.8 Å². The van der Waals surface area contributed by atoms with E-state index < -0.39 is 22.0 Å². The Hall–Kier alpha value is -5.42. The van der Waals surface area contributed by atoms with Crippen LogP contribution < -0.4 is 20.7 Å². The molecule has 4 aromatic rings. The Labute approximate surface area is 252 Å². The maximum atomic E-state index is 13.4. The van der Waals surface area contributed by atoms with E-state index in [2.05, 4.69) is 16.0 Å². The second-order valence-electron chi connectivity index (χ2n) is 9.16. The molecular formula is C32H28N4O6S. The number of nitrogens with zero attached hydrogens (tertiary/aromatic N) is 1. The molecule has 0 aliphatic carbocycles. The van der Waals surface area contributed by atoms with Gasteiger partial charge in [-0.05, 0) is 61.5 Å². The molecule has 0 saturated carbocycles. The van der Waals surface area contributed by atoms with Crippen LogP contribution in [0.2, 0.25) is 0 Å². The number of carbonyl (C=O) groups is 3. The van der Waals surface area contributed by atoms with Gasteiger partial charge >= 0.3 is 0 Å². The van der Waals surface area contributed by atoms with Crippen LogP contribution in [0.3, 0.4) is 0 Å². The molecule has 0 heterocycles. The second kappa shape index (κ2) is 14.5. The Balaban J connectivity index is 1.52. The lowest BCUT2D eigenvalue weighted by atomic mass is 10.1. The van der Waals surface area contributed by atoms with E-state index in [0.29, 0.717) is 27.6 Å². The number of nitro groups is 1. The zero-order valence-corrected chi connectivity index (χ0v) is 24.1. The Bertz CT molecular complexity index is 1680. The third-order valence-electron chi connectivity index (χ3n) is 6.07. The molecule has 3 amide bonds. The number of nitro benzene ring substituents is 1. The normalized spacial score (nSPS) is 11.6. The van der Waals surface area contributed by atoms with Gasteiger partial charge in [-0.2, -0.15) is 0 Å². The summed E-state index contributed by atoms with van der Waals surface area (Å²) >= 11 is 1.29. The van der Waals surface area contributed by atoms with Gasteiger partial charge in [0.1, 0.15) is 11.4 Å². The number of thioether (sulfide) groups is 1. The van der Waals surface area contributed by atoms with Crippen molar-refractivity contribution in [2.24, 2.45) is 0 Å². The largest absolute Gasteiger partial charge is 0.497 e. The smallest absolute Gasteiger partial charge is 0.276 e. The lowest BCUT2D eigenvalue weighted by molar-refractivity contribution is -0.385. The van der Waals surface area contributed by atoms with Crippen molar-refractivity contribution in [3.8, 4) is 5.75 Å². The first-order valence-electron chi connectivity index (χ1n) is 13.1. The van der Waals surface area contributed by atoms with Gasteiger partial charge in [-0.15, -0.1) is 11.8 Å². The summed E-state index contributed by atoms with van der Waals surface area (Å²) in [5.74, 6) is -0.836. The van der Waals surface area contributed by atoms with Crippen molar-refractivity contribution in [3.05, 3.63) is 130 Å². The predicted octanol–water partition coefficient (Wildman–Crippen LogP) is 6.13. The molecule has 0 aliphatic rings. The van der Waals surface area contributed by atoms with Crippen LogP contribution in [-0.4, -0.2) is 35.0 Å². The van der Waals surface area contributed by atoms with Gasteiger partial charge in [0.15, 0.2) is 0 Å². The van der Waals surface area contributed by atoms with Gasteiger partial charge in [0, 0.05) is 34.0 Å². The molecule has 10 nitrogen and oxygen atoms in total. The van der Waals surface area contributed by atoms with Gasteiger partial charge in [-0.1, -0.05) is 42.5 Å². The maximum absolute atomic E-state index is 13.4. The van der Waals surface area contributed by atoms with Crippen molar-refractivity contribution in [2.75, 3.05) is 17.7 Å². The van der Waals surface area contributed by atoms with Crippen LogP contribution in [0.25, 0.3) is 6.08 Å². The molecule has 0 aromatic heterocycles. The van der Waals surface area contributed by atoms with Crippen molar-refractivity contribution >= 4 is 52.6 Å². The summed E-state index contributed by atoms with van der Waals surface area (Å²) in [7, 11) is 1.55. The number of anilines is 2. The average molecular weight is 597 g/mol. The summed E-state index contributed by atoms with van der Waals surface area (Å²) in [6, 6.07) is 28.1. The predicted molar refractivity (Wildman–Crippen MR) is 167 cm³/mol. The summed E-state index contributed by atoms with van der Waals surface area (Å²) in [4.78, 5) is 50.8. The highest BCUT2D eigenvalue weighted by atomic mass is 32.2. The fourth-order valence-corrected chi connectivity index (χ4v) is 4.85. The fraction of sp³-hybridized carbons (Fsp3) is 0.0938. The number of methoxy groups -OCH3 is 1. The number of hydrogen-bond acceptors (Lipinski definition) is 7. The Morgan fingerprint density at radius 1 is 0.860 bits per heavy atom. The van der Waals surface area contributed by atoms with E-state index in [1.54, 1.807) is 99.0 Å². The van der Waals surface area contributed by atoms with Crippen molar-refractivity contribution in [1.82, 2.24) is 5.32 Å². The number of amides is 3. The van der Waals surface area contributed by atoms with E-state index in [-0.39, 0.29) is 22.9 Å². The summed E-state index contributed by atoms with van der Waals surface area (Å²) in [6.07, 6.45) is 1.26. The van der Waals surface area contributed by atoms with Crippen molar-refractivity contribution in [3.63, 3.8) is 0 Å². The van der Waals surface area contributed by atoms with E-state index in [4.69, 9.17) is 4.74 Å². The second-order valence-corrected chi connectivity index (χ2v) is 10.6. The molecule has 4 aromatic carbocycles. The topological polar surface area (TPSA) is 140 Å². The number of hydrogen-bond donors (Lipinski definition) is 3. The molecule has 0 saturated heterocycles. The van der Waals surface area contributed by atoms with Crippen LogP contribution in [0.15, 0.2) is 114 Å². The lowest BCUT2D eigenvalue weighted by Crippen LogP contribution is -2.30. The molecule has 0 bridgehead atoms. The highest BCUT2D eigenvalue weighted by Gasteiger charge is 2.19. The minimum atomic E-state index is -0.687. The van der Waals surface area contributed by atoms with Crippen molar-refractivity contribution in [1.29, 1.82) is 0 Å². The first-order valence-corrected chi connectivity index (χ1v) is 14.0. The number of carbonyl (C=O) groups excluding carboxylic acids is 3. The average Bonchev–Trinajstić information content (AvgIpc) is 3.01. The van der Waals surface area contributed by atoms with Crippen LogP contribution in [0.4, 0.5) is 17.1 Å². The summed E-state index contributed by atoms with van der Waals surface area (Å²) in [6.45, 7) is 1.76. The van der Waals surface area contributed by atoms with E-state index in [0.717, 1.165) is 0 Å². The molecule has 1 atom stereocenters. The van der Waals surface area contributed by atoms with Crippen LogP contribution in [-0.2, 0) is 9.59 Å². The van der Waals surface area contributed by atoms with Crippen molar-refractivity contribution in [2.45, 2.75) is 17.1 Å². The quantitative estimate of drug-likeness (QED) is 0.0819. The van der Waals surface area contributed by atoms with Crippen LogP contribution in [0.1, 0.15) is 22.8 Å². The zero-order chi connectivity index (χ0) is 30.8. The van der Waals surface area contributed by atoms with E-state index in [9.17, 15) is 24.5 Å². The summed E-state index contributed by atoms with van der Waals surface area (Å²) < 4.78 is 5.20. The van der Waals surface area contributed by atoms with Gasteiger partial charge in [0.05, 0.1) is 22.8 Å². The molecule has 0 aliphatic heterocycles. The molecule has 1 unspecified atom stereocenters. The van der Waals surface area contributed by atoms with Crippen LogP contribution in [0, 0.1) is 10.1 Å². The van der Waals surface area contributed by atoms with Crippen molar-refractivity contribution < 1.29 is 24.0 Å². The molecule has 11 heteroatoms. The first kappa shape index (κ1) is 30.5. The van der Waals surface area contributed by atoms with E-state index >= 15 is 0 Å². The molecule has 4 rings (SSSR count). The SMILES string of the molecule is COc1cccc(NC(=O)C(C)Sc2cccc(NC(=O)/C(=C\c3ccccc3[N+](=O)[O-])NC(=O)c3ccccc3)c2)c1.